The van der Waals surface area contributed by atoms with Crippen molar-refractivity contribution >= 4 is 29.0 Å². The molecule has 0 atom stereocenters. The molecular weight excluding hydrogens is 1450 g/mol. The summed E-state index contributed by atoms with van der Waals surface area (Å²) in [6.45, 7) is 0. The summed E-state index contributed by atoms with van der Waals surface area (Å²) >= 11 is 0. The van der Waals surface area contributed by atoms with Crippen LogP contribution in [0.3, 0.4) is 0 Å². The second-order valence-corrected chi connectivity index (χ2v) is 13.4. The SMILES string of the molecule is F[B-](F)(F)F.F[B-](F)(F)F.F[B-](F)(F)F.F[B-](F)(F)F.N#Cc1ccccc1.N#Cc1ccccc1.N#Cc1ccccc1.N#Cc1ccccc1.[Cu+].[Cu+].[Cu+].[Cu+].c1ccnnc1.c1ccnnc1.c1ccnnc1.c1ccnnc1.c1ccnnc1.c1ccnnc1. The Morgan fingerprint density at radius 1 is 0.185 bits per heavy atom. The molecule has 0 saturated heterocycles. The van der Waals surface area contributed by atoms with Crippen LogP contribution < -0.4 is 0 Å². The second-order valence-electron chi connectivity index (χ2n) is 13.4. The van der Waals surface area contributed by atoms with E-state index in [9.17, 15) is 69.1 Å². The normalized spacial score (nSPS) is 8.48. The van der Waals surface area contributed by atoms with Crippen molar-refractivity contribution in [1.82, 2.24) is 61.2 Å². The number of rotatable bonds is 0. The molecule has 16 nitrogen and oxygen atoms in total. The number of aromatic nitrogens is 12. The molecule has 0 fully saturated rings. The molecule has 0 saturated carbocycles. The molecule has 4 aromatic carbocycles. The molecule has 0 N–H and O–H groups in total. The number of halogens is 16. The Morgan fingerprint density at radius 3 is 0.315 bits per heavy atom. The van der Waals surface area contributed by atoms with Crippen LogP contribution in [0.25, 0.3) is 0 Å². The number of hydrogen-bond donors (Lipinski definition) is 0. The summed E-state index contributed by atoms with van der Waals surface area (Å²) < 4.78 is 156. The summed E-state index contributed by atoms with van der Waals surface area (Å²) in [5.41, 5.74) is 2.86. The Balaban J connectivity index is -0.000000138. The first-order valence-corrected chi connectivity index (χ1v) is 23.3. The predicted octanol–water partition coefficient (Wildman–Crippen LogP) is 14.3. The van der Waals surface area contributed by atoms with E-state index in [4.69, 9.17) is 21.0 Å². The Labute approximate surface area is 560 Å². The summed E-state index contributed by atoms with van der Waals surface area (Å²) in [7, 11) is -24.0. The molecule has 0 aliphatic heterocycles. The summed E-state index contributed by atoms with van der Waals surface area (Å²) in [6, 6.07) is 66.6. The van der Waals surface area contributed by atoms with Gasteiger partial charge in [0.05, 0.1) is 46.5 Å². The Hall–Kier alpha value is -9.46. The van der Waals surface area contributed by atoms with Crippen molar-refractivity contribution in [3.05, 3.63) is 291 Å². The van der Waals surface area contributed by atoms with E-state index in [0.717, 1.165) is 0 Å². The monoisotopic (exact) mass is 1490 g/mol. The molecule has 0 spiro atoms. The van der Waals surface area contributed by atoms with Crippen LogP contribution in [0.2, 0.25) is 0 Å². The zero-order chi connectivity index (χ0) is 66.7. The smallest absolute Gasteiger partial charge is 0.418 e. The van der Waals surface area contributed by atoms with Gasteiger partial charge in [-0.2, -0.15) is 82.2 Å². The number of benzene rings is 4. The minimum Gasteiger partial charge on any atom is -0.418 e. The van der Waals surface area contributed by atoms with Gasteiger partial charge in [-0.05, 0) is 121 Å². The minimum absolute atomic E-state index is 0. The molecule has 92 heavy (non-hydrogen) atoms. The summed E-state index contributed by atoms with van der Waals surface area (Å²) in [4.78, 5) is 0. The molecule has 40 heteroatoms. The van der Waals surface area contributed by atoms with Crippen molar-refractivity contribution in [1.29, 1.82) is 21.0 Å². The van der Waals surface area contributed by atoms with Crippen LogP contribution in [0.4, 0.5) is 69.1 Å². The van der Waals surface area contributed by atoms with Gasteiger partial charge in [0.15, 0.2) is 0 Å². The van der Waals surface area contributed by atoms with Crippen LogP contribution >= 0.6 is 0 Å². The van der Waals surface area contributed by atoms with Crippen molar-refractivity contribution in [3.63, 3.8) is 0 Å². The third-order valence-electron chi connectivity index (χ3n) is 6.51. The number of hydrogen-bond acceptors (Lipinski definition) is 16. The zero-order valence-electron chi connectivity index (χ0n) is 46.1. The first kappa shape index (κ1) is 98.8. The van der Waals surface area contributed by atoms with Gasteiger partial charge in [0.25, 0.3) is 0 Å². The fourth-order valence-electron chi connectivity index (χ4n) is 3.57. The van der Waals surface area contributed by atoms with E-state index in [0.29, 0.717) is 22.3 Å². The predicted molar refractivity (Wildman–Crippen MR) is 298 cm³/mol. The summed E-state index contributed by atoms with van der Waals surface area (Å²) in [5.74, 6) is 0. The molecule has 0 amide bonds. The molecule has 0 aliphatic rings. The Bertz CT molecular complexity index is 2510. The van der Waals surface area contributed by atoms with Gasteiger partial charge in [-0.3, -0.25) is 0 Å². The van der Waals surface area contributed by atoms with E-state index in [1.807, 2.05) is 170 Å². The minimum atomic E-state index is -6.00. The fraction of sp³-hybridized carbons (Fsp3) is 0. The van der Waals surface area contributed by atoms with E-state index < -0.39 is 29.0 Å². The third kappa shape index (κ3) is 115. The first-order chi connectivity index (χ1) is 41.7. The van der Waals surface area contributed by atoms with E-state index >= 15 is 0 Å². The average molecular weight is 1490 g/mol. The first-order valence-electron chi connectivity index (χ1n) is 23.3. The van der Waals surface area contributed by atoms with E-state index in [2.05, 4.69) is 61.2 Å². The van der Waals surface area contributed by atoms with Gasteiger partial charge >= 0.3 is 97.3 Å². The average Bonchev–Trinajstić information content (AvgIpc) is 3.73. The quantitative estimate of drug-likeness (QED) is 0.101. The second kappa shape index (κ2) is 70.6. The molecule has 0 bridgehead atoms. The van der Waals surface area contributed by atoms with Crippen molar-refractivity contribution < 1.29 is 137 Å². The number of nitrogens with zero attached hydrogens (tertiary/aromatic N) is 16. The van der Waals surface area contributed by atoms with Crippen molar-refractivity contribution in [3.8, 4) is 24.3 Å². The van der Waals surface area contributed by atoms with Gasteiger partial charge in [0.2, 0.25) is 0 Å². The van der Waals surface area contributed by atoms with Crippen LogP contribution in [0, 0.1) is 45.3 Å². The molecule has 0 aliphatic carbocycles. The summed E-state index contributed by atoms with van der Waals surface area (Å²) in [5, 5.41) is 75.6. The largest absolute Gasteiger partial charge is 1.00 e. The Kier molecular flexibility index (Phi) is 75.8. The van der Waals surface area contributed by atoms with Crippen LogP contribution in [0.15, 0.2) is 268 Å². The third-order valence-corrected chi connectivity index (χ3v) is 6.51. The standard InChI is InChI=1S/4C7H5N.6C4H4N2.4BF4.4Cu/c4*8-6-7-4-2-1-3-5-7;6*1-2-4-6-5-3-1;4*2-1(3,4)5;;;;/h4*1-5H;6*1-4H;;;;;;;;/q;;;;;;;;;;4*-1;4*+1. The Morgan fingerprint density at radius 2 is 0.272 bits per heavy atom. The van der Waals surface area contributed by atoms with Gasteiger partial charge in [-0.15, -0.1) is 0 Å². The summed E-state index contributed by atoms with van der Waals surface area (Å²) in [6.07, 6.45) is 19.7. The van der Waals surface area contributed by atoms with Gasteiger partial charge < -0.3 is 69.1 Å². The number of nitriles is 4. The van der Waals surface area contributed by atoms with Gasteiger partial charge in [0.1, 0.15) is 0 Å². The van der Waals surface area contributed by atoms with E-state index in [1.54, 1.807) is 123 Å². The maximum absolute atomic E-state index is 9.75. The maximum Gasteiger partial charge on any atom is 1.00 e. The molecule has 500 valence electrons. The fourth-order valence-corrected chi connectivity index (χ4v) is 3.57. The van der Waals surface area contributed by atoms with Gasteiger partial charge in [-0.1, -0.05) is 72.8 Å². The van der Waals surface area contributed by atoms with E-state index in [-0.39, 0.29) is 68.3 Å². The van der Waals surface area contributed by atoms with E-state index in [1.165, 1.54) is 0 Å². The van der Waals surface area contributed by atoms with Crippen LogP contribution in [-0.4, -0.2) is 90.2 Å². The molecule has 10 rings (SSSR count). The zero-order valence-corrected chi connectivity index (χ0v) is 49.9. The topological polar surface area (TPSA) is 250 Å². The molecule has 6 heterocycles. The maximum atomic E-state index is 9.75. The molecule has 0 unspecified atom stereocenters. The van der Waals surface area contributed by atoms with Crippen LogP contribution in [0.5, 0.6) is 0 Å². The van der Waals surface area contributed by atoms with Crippen molar-refractivity contribution in [2.45, 2.75) is 0 Å². The molecule has 6 aromatic heterocycles. The van der Waals surface area contributed by atoms with Crippen molar-refractivity contribution in [2.24, 2.45) is 0 Å². The van der Waals surface area contributed by atoms with Crippen molar-refractivity contribution in [2.75, 3.05) is 0 Å². The van der Waals surface area contributed by atoms with Gasteiger partial charge in [0, 0.05) is 74.4 Å². The molecular formula is C52H44B4Cu4F16N16. The molecule has 10 aromatic rings. The van der Waals surface area contributed by atoms with Gasteiger partial charge in [-0.25, -0.2) is 0 Å². The van der Waals surface area contributed by atoms with Crippen LogP contribution in [-0.2, 0) is 68.3 Å². The molecule has 0 radical (unpaired) electrons. The van der Waals surface area contributed by atoms with Crippen LogP contribution in [0.1, 0.15) is 22.3 Å².